The summed E-state index contributed by atoms with van der Waals surface area (Å²) >= 11 is 11.6. The van der Waals surface area contributed by atoms with Crippen LogP contribution >= 0.6 is 23.2 Å². The van der Waals surface area contributed by atoms with E-state index in [9.17, 15) is 5.11 Å². The van der Waals surface area contributed by atoms with Crippen molar-refractivity contribution < 1.29 is 5.11 Å². The van der Waals surface area contributed by atoms with Crippen molar-refractivity contribution in [1.29, 1.82) is 0 Å². The van der Waals surface area contributed by atoms with Gasteiger partial charge in [0.25, 0.3) is 0 Å². The van der Waals surface area contributed by atoms with Crippen LogP contribution in [0.25, 0.3) is 0 Å². The van der Waals surface area contributed by atoms with Crippen molar-refractivity contribution in [3.63, 3.8) is 0 Å². The fourth-order valence-corrected chi connectivity index (χ4v) is 1.86. The molecular weight excluding hydrogens is 221 g/mol. The summed E-state index contributed by atoms with van der Waals surface area (Å²) < 4.78 is 0. The predicted molar refractivity (Wildman–Crippen MR) is 57.8 cm³/mol. The topological polar surface area (TPSA) is 46.2 Å². The molecule has 0 saturated heterocycles. The average molecular weight is 232 g/mol. The summed E-state index contributed by atoms with van der Waals surface area (Å²) in [5, 5.41) is 10.3. The number of nitrogens with two attached hydrogens (primary N) is 1. The standard InChI is InChI=1S/C10H11Cl2NO/c11-7-4-3-6(10(14)8(7)12)9(13)5-1-2-5/h3-5,9,14H,1-2,13H2/t9-/m1/s1. The molecule has 14 heavy (non-hydrogen) atoms. The molecule has 2 nitrogen and oxygen atoms in total. The molecule has 0 spiro atoms. The minimum atomic E-state index is -0.121. The van der Waals surface area contributed by atoms with E-state index in [4.69, 9.17) is 28.9 Å². The van der Waals surface area contributed by atoms with Gasteiger partial charge in [-0.25, -0.2) is 0 Å². The highest BCUT2D eigenvalue weighted by Crippen LogP contribution is 2.44. The molecule has 0 unspecified atom stereocenters. The molecule has 1 aliphatic carbocycles. The van der Waals surface area contributed by atoms with Crippen molar-refractivity contribution in [3.05, 3.63) is 27.7 Å². The normalized spacial score (nSPS) is 18.2. The first-order valence-corrected chi connectivity index (χ1v) is 5.29. The summed E-state index contributed by atoms with van der Waals surface area (Å²) in [4.78, 5) is 0. The third-order valence-electron chi connectivity index (χ3n) is 2.59. The first kappa shape index (κ1) is 10.1. The first-order valence-electron chi connectivity index (χ1n) is 4.53. The van der Waals surface area contributed by atoms with E-state index in [1.165, 1.54) is 0 Å². The number of rotatable bonds is 2. The molecule has 0 radical (unpaired) electrons. The number of phenols is 1. The third kappa shape index (κ3) is 1.70. The Morgan fingerprint density at radius 3 is 2.57 bits per heavy atom. The summed E-state index contributed by atoms with van der Waals surface area (Å²) in [6, 6.07) is 3.29. The lowest BCUT2D eigenvalue weighted by atomic mass is 10.0. The fourth-order valence-electron chi connectivity index (χ4n) is 1.53. The maximum absolute atomic E-state index is 9.73. The number of halogens is 2. The Balaban J connectivity index is 2.38. The smallest absolute Gasteiger partial charge is 0.140 e. The fraction of sp³-hybridized carbons (Fsp3) is 0.400. The zero-order valence-electron chi connectivity index (χ0n) is 7.50. The van der Waals surface area contributed by atoms with Crippen molar-refractivity contribution in [2.24, 2.45) is 11.7 Å². The van der Waals surface area contributed by atoms with Crippen LogP contribution in [0.3, 0.4) is 0 Å². The lowest BCUT2D eigenvalue weighted by Crippen LogP contribution is -2.12. The van der Waals surface area contributed by atoms with E-state index in [2.05, 4.69) is 0 Å². The van der Waals surface area contributed by atoms with Crippen molar-refractivity contribution in [2.45, 2.75) is 18.9 Å². The van der Waals surface area contributed by atoms with Crippen LogP contribution in [-0.4, -0.2) is 5.11 Å². The van der Waals surface area contributed by atoms with Crippen LogP contribution in [0.2, 0.25) is 10.0 Å². The number of hydrogen-bond donors (Lipinski definition) is 2. The van der Waals surface area contributed by atoms with E-state index in [1.54, 1.807) is 12.1 Å². The Bertz CT molecular complexity index is 363. The van der Waals surface area contributed by atoms with Gasteiger partial charge >= 0.3 is 0 Å². The summed E-state index contributed by atoms with van der Waals surface area (Å²) in [7, 11) is 0. The van der Waals surface area contributed by atoms with Gasteiger partial charge < -0.3 is 10.8 Å². The molecule has 0 heterocycles. The van der Waals surface area contributed by atoms with Gasteiger partial charge in [-0.15, -0.1) is 0 Å². The number of benzene rings is 1. The van der Waals surface area contributed by atoms with E-state index >= 15 is 0 Å². The molecule has 0 amide bonds. The summed E-state index contributed by atoms with van der Waals surface area (Å²) in [5.41, 5.74) is 6.65. The van der Waals surface area contributed by atoms with E-state index in [-0.39, 0.29) is 16.8 Å². The predicted octanol–water partition coefficient (Wildman–Crippen LogP) is 3.11. The lowest BCUT2D eigenvalue weighted by Gasteiger charge is -2.13. The minimum absolute atomic E-state index is 0.0265. The second-order valence-corrected chi connectivity index (χ2v) is 4.45. The van der Waals surface area contributed by atoms with Crippen molar-refractivity contribution in [2.75, 3.05) is 0 Å². The van der Waals surface area contributed by atoms with Crippen LogP contribution in [0, 0.1) is 5.92 Å². The average Bonchev–Trinajstić information content (AvgIpc) is 2.97. The Morgan fingerprint density at radius 2 is 2.00 bits per heavy atom. The van der Waals surface area contributed by atoms with E-state index in [0.29, 0.717) is 16.5 Å². The third-order valence-corrected chi connectivity index (χ3v) is 3.38. The van der Waals surface area contributed by atoms with Crippen LogP contribution in [0.15, 0.2) is 12.1 Å². The van der Waals surface area contributed by atoms with Crippen LogP contribution < -0.4 is 5.73 Å². The molecule has 0 aliphatic heterocycles. The lowest BCUT2D eigenvalue weighted by molar-refractivity contribution is 0.456. The molecule has 3 N–H and O–H groups in total. The quantitative estimate of drug-likeness (QED) is 0.822. The van der Waals surface area contributed by atoms with Crippen molar-refractivity contribution >= 4 is 23.2 Å². The summed E-state index contributed by atoms with van der Waals surface area (Å²) in [6.07, 6.45) is 2.25. The van der Waals surface area contributed by atoms with Gasteiger partial charge in [0.2, 0.25) is 0 Å². The molecule has 0 aromatic heterocycles. The van der Waals surface area contributed by atoms with Gasteiger partial charge in [0.15, 0.2) is 0 Å². The highest BCUT2D eigenvalue weighted by molar-refractivity contribution is 6.43. The minimum Gasteiger partial charge on any atom is -0.506 e. The molecule has 2 rings (SSSR count). The van der Waals surface area contributed by atoms with Gasteiger partial charge in [0, 0.05) is 11.6 Å². The largest absolute Gasteiger partial charge is 0.506 e. The summed E-state index contributed by atoms with van der Waals surface area (Å²) in [6.45, 7) is 0. The van der Waals surface area contributed by atoms with Gasteiger partial charge in [-0.3, -0.25) is 0 Å². The molecule has 1 aromatic carbocycles. The van der Waals surface area contributed by atoms with Gasteiger partial charge in [-0.05, 0) is 24.8 Å². The Kier molecular flexibility index (Phi) is 2.60. The highest BCUT2D eigenvalue weighted by Gasteiger charge is 2.31. The zero-order valence-corrected chi connectivity index (χ0v) is 9.02. The van der Waals surface area contributed by atoms with Crippen molar-refractivity contribution in [3.8, 4) is 5.75 Å². The molecule has 1 aliphatic rings. The molecular formula is C10H11Cl2NO. The van der Waals surface area contributed by atoms with Crippen LogP contribution in [0.4, 0.5) is 0 Å². The molecule has 0 bridgehead atoms. The molecule has 1 aromatic rings. The molecule has 76 valence electrons. The second kappa shape index (κ2) is 3.61. The van der Waals surface area contributed by atoms with Gasteiger partial charge in [-0.1, -0.05) is 29.3 Å². The van der Waals surface area contributed by atoms with Crippen LogP contribution in [0.5, 0.6) is 5.75 Å². The van der Waals surface area contributed by atoms with E-state index in [1.807, 2.05) is 0 Å². The molecule has 4 heteroatoms. The van der Waals surface area contributed by atoms with Crippen LogP contribution in [-0.2, 0) is 0 Å². The molecule has 1 fully saturated rings. The SMILES string of the molecule is N[C@@H](c1ccc(Cl)c(Cl)c1O)C1CC1. The van der Waals surface area contributed by atoms with E-state index in [0.717, 1.165) is 12.8 Å². The van der Waals surface area contributed by atoms with Crippen LogP contribution in [0.1, 0.15) is 24.4 Å². The Morgan fingerprint density at radius 1 is 1.36 bits per heavy atom. The summed E-state index contributed by atoms with van der Waals surface area (Å²) in [5.74, 6) is 0.511. The number of aromatic hydroxyl groups is 1. The monoisotopic (exact) mass is 231 g/mol. The zero-order chi connectivity index (χ0) is 10.3. The Hall–Kier alpha value is -0.440. The second-order valence-electron chi connectivity index (χ2n) is 3.66. The van der Waals surface area contributed by atoms with E-state index < -0.39 is 0 Å². The highest BCUT2D eigenvalue weighted by atomic mass is 35.5. The maximum atomic E-state index is 9.73. The maximum Gasteiger partial charge on any atom is 0.140 e. The Labute approximate surface area is 92.6 Å². The number of hydrogen-bond acceptors (Lipinski definition) is 2. The number of phenolic OH excluding ortho intramolecular Hbond substituents is 1. The molecule has 1 saturated carbocycles. The van der Waals surface area contributed by atoms with Gasteiger partial charge in [0.1, 0.15) is 10.8 Å². The van der Waals surface area contributed by atoms with Gasteiger partial charge in [-0.2, -0.15) is 0 Å². The van der Waals surface area contributed by atoms with Crippen molar-refractivity contribution in [1.82, 2.24) is 0 Å². The molecule has 1 atom stereocenters. The first-order chi connectivity index (χ1) is 6.61. The van der Waals surface area contributed by atoms with Gasteiger partial charge in [0.05, 0.1) is 5.02 Å².